The molecule has 0 aliphatic heterocycles. The van der Waals surface area contributed by atoms with Crippen molar-refractivity contribution in [3.8, 4) is 0 Å². The summed E-state index contributed by atoms with van der Waals surface area (Å²) in [5.74, 6) is 0.659. The first-order chi connectivity index (χ1) is 14.8. The summed E-state index contributed by atoms with van der Waals surface area (Å²) >= 11 is 0. The summed E-state index contributed by atoms with van der Waals surface area (Å²) in [4.78, 5) is 0. The lowest BCUT2D eigenvalue weighted by atomic mass is 10.0. The molecule has 0 saturated carbocycles. The van der Waals surface area contributed by atoms with E-state index in [-0.39, 0.29) is 0 Å². The van der Waals surface area contributed by atoms with Crippen molar-refractivity contribution in [2.24, 2.45) is 0 Å². The molecule has 0 N–H and O–H groups in total. The van der Waals surface area contributed by atoms with Gasteiger partial charge in [-0.05, 0) is 44.7 Å². The molecule has 3 aromatic carbocycles. The maximum absolute atomic E-state index is 3.86. The number of aryl methyl sites for hydroxylation is 3. The van der Waals surface area contributed by atoms with E-state index >= 15 is 0 Å². The molecule has 0 atom stereocenters. The van der Waals surface area contributed by atoms with Crippen LogP contribution in [0.15, 0.2) is 85.4 Å². The van der Waals surface area contributed by atoms with E-state index in [2.05, 4.69) is 114 Å². The summed E-state index contributed by atoms with van der Waals surface area (Å²) in [7, 11) is 0. The van der Waals surface area contributed by atoms with Crippen LogP contribution in [-0.2, 0) is 0 Å². The van der Waals surface area contributed by atoms with Crippen molar-refractivity contribution in [3.05, 3.63) is 113 Å². The zero-order valence-corrected chi connectivity index (χ0v) is 21.8. The molecule has 3 aromatic rings. The summed E-state index contributed by atoms with van der Waals surface area (Å²) in [6.45, 7) is 24.6. The Kier molecular flexibility index (Phi) is 19.1. The lowest BCUT2D eigenvalue weighted by molar-refractivity contribution is 0.867. The van der Waals surface area contributed by atoms with Crippen molar-refractivity contribution in [2.75, 3.05) is 0 Å². The molecular weight excluding hydrogens is 372 g/mol. The van der Waals surface area contributed by atoms with Crippen LogP contribution < -0.4 is 0 Å². The molecule has 0 saturated heterocycles. The number of allylic oxidation sites excluding steroid dienone is 1. The quantitative estimate of drug-likeness (QED) is 0.388. The van der Waals surface area contributed by atoms with Crippen molar-refractivity contribution in [1.29, 1.82) is 0 Å². The van der Waals surface area contributed by atoms with E-state index in [9.17, 15) is 0 Å². The van der Waals surface area contributed by atoms with Gasteiger partial charge in [0.2, 0.25) is 0 Å². The molecule has 0 nitrogen and oxygen atoms in total. The van der Waals surface area contributed by atoms with Crippen LogP contribution in [0.5, 0.6) is 0 Å². The highest BCUT2D eigenvalue weighted by molar-refractivity contribution is 5.61. The second kappa shape index (κ2) is 19.4. The number of hydrogen-bond acceptors (Lipinski definition) is 0. The third-order valence-corrected chi connectivity index (χ3v) is 4.18. The molecule has 0 fully saturated rings. The average Bonchev–Trinajstić information content (AvgIpc) is 2.78. The maximum Gasteiger partial charge on any atom is -0.0219 e. The highest BCUT2D eigenvalue weighted by Crippen LogP contribution is 2.12. The van der Waals surface area contributed by atoms with Crippen LogP contribution in [0.1, 0.15) is 82.2 Å². The summed E-state index contributed by atoms with van der Waals surface area (Å²) in [6, 6.07) is 27.4. The predicted octanol–water partition coefficient (Wildman–Crippen LogP) is 10.2. The Balaban J connectivity index is 0. The topological polar surface area (TPSA) is 0 Å². The molecule has 170 valence electrons. The molecule has 0 radical (unpaired) electrons. The van der Waals surface area contributed by atoms with Crippen molar-refractivity contribution in [3.63, 3.8) is 0 Å². The van der Waals surface area contributed by atoms with Crippen LogP contribution in [0.2, 0.25) is 0 Å². The second-order valence-corrected chi connectivity index (χ2v) is 7.37. The minimum absolute atomic E-state index is 0.659. The molecule has 0 spiro atoms. The first-order valence-electron chi connectivity index (χ1n) is 11.6. The molecule has 0 aliphatic rings. The van der Waals surface area contributed by atoms with Gasteiger partial charge in [0.15, 0.2) is 0 Å². The highest BCUT2D eigenvalue weighted by Gasteiger charge is 1.93. The zero-order chi connectivity index (χ0) is 24.2. The van der Waals surface area contributed by atoms with E-state index < -0.39 is 0 Å². The zero-order valence-electron chi connectivity index (χ0n) is 21.8. The summed E-state index contributed by atoms with van der Waals surface area (Å²) < 4.78 is 0. The molecule has 0 unspecified atom stereocenters. The normalized spacial score (nSPS) is 8.74. The van der Waals surface area contributed by atoms with Crippen LogP contribution in [0.4, 0.5) is 0 Å². The Hall–Kier alpha value is -2.60. The third kappa shape index (κ3) is 15.8. The number of hydrogen-bond donors (Lipinski definition) is 0. The van der Waals surface area contributed by atoms with Gasteiger partial charge in [-0.1, -0.05) is 149 Å². The van der Waals surface area contributed by atoms with Crippen LogP contribution in [0, 0.1) is 20.8 Å². The molecule has 0 amide bonds. The monoisotopic (exact) mass is 418 g/mol. The number of benzene rings is 3. The molecule has 3 rings (SSSR count). The smallest absolute Gasteiger partial charge is 0.0219 e. The van der Waals surface area contributed by atoms with Crippen molar-refractivity contribution in [2.45, 2.75) is 75.2 Å². The van der Waals surface area contributed by atoms with Gasteiger partial charge in [0.25, 0.3) is 0 Å². The maximum atomic E-state index is 3.86. The molecule has 0 heteroatoms. The van der Waals surface area contributed by atoms with Crippen LogP contribution in [0.25, 0.3) is 5.57 Å². The summed E-state index contributed by atoms with van der Waals surface area (Å²) in [5, 5.41) is 0. The van der Waals surface area contributed by atoms with E-state index in [4.69, 9.17) is 0 Å². The lowest BCUT2D eigenvalue weighted by Crippen LogP contribution is -1.83. The van der Waals surface area contributed by atoms with Gasteiger partial charge < -0.3 is 0 Å². The first-order valence-corrected chi connectivity index (χ1v) is 11.6. The minimum atomic E-state index is 0.659. The van der Waals surface area contributed by atoms with E-state index in [1.54, 1.807) is 0 Å². The second-order valence-electron chi connectivity index (χ2n) is 7.37. The fourth-order valence-electron chi connectivity index (χ4n) is 2.48. The van der Waals surface area contributed by atoms with E-state index in [0.29, 0.717) is 5.92 Å². The van der Waals surface area contributed by atoms with Crippen molar-refractivity contribution in [1.82, 2.24) is 0 Å². The van der Waals surface area contributed by atoms with E-state index in [1.807, 2.05) is 40.7 Å². The minimum Gasteiger partial charge on any atom is -0.0955 e. The van der Waals surface area contributed by atoms with E-state index in [0.717, 1.165) is 5.57 Å². The SMILES string of the molecule is C=C(C)c1ccc(C)cc1.CC.CC.CC(C)c1ccccc1.Cc1cccc(C)c1. The highest BCUT2D eigenvalue weighted by atomic mass is 14.0. The molecule has 0 aliphatic carbocycles. The van der Waals surface area contributed by atoms with Gasteiger partial charge in [-0.2, -0.15) is 0 Å². The van der Waals surface area contributed by atoms with Crippen molar-refractivity contribution < 1.29 is 0 Å². The molecule has 0 bridgehead atoms. The molecule has 0 heterocycles. The lowest BCUT2D eigenvalue weighted by Gasteiger charge is -2.01. The van der Waals surface area contributed by atoms with Gasteiger partial charge in [-0.15, -0.1) is 0 Å². The Morgan fingerprint density at radius 1 is 0.613 bits per heavy atom. The van der Waals surface area contributed by atoms with Gasteiger partial charge in [-0.3, -0.25) is 0 Å². The van der Waals surface area contributed by atoms with Gasteiger partial charge in [-0.25, -0.2) is 0 Å². The van der Waals surface area contributed by atoms with Gasteiger partial charge in [0.1, 0.15) is 0 Å². The molecule has 0 aromatic heterocycles. The predicted molar refractivity (Wildman–Crippen MR) is 145 cm³/mol. The van der Waals surface area contributed by atoms with Gasteiger partial charge >= 0.3 is 0 Å². The Morgan fingerprint density at radius 3 is 1.35 bits per heavy atom. The third-order valence-electron chi connectivity index (χ3n) is 4.18. The Labute approximate surface area is 194 Å². The largest absolute Gasteiger partial charge is 0.0955 e. The van der Waals surface area contributed by atoms with Gasteiger partial charge in [0, 0.05) is 0 Å². The van der Waals surface area contributed by atoms with E-state index in [1.165, 1.54) is 27.8 Å². The summed E-state index contributed by atoms with van der Waals surface area (Å²) in [5.41, 5.74) is 7.74. The Morgan fingerprint density at radius 2 is 1.06 bits per heavy atom. The van der Waals surface area contributed by atoms with Crippen LogP contribution in [-0.4, -0.2) is 0 Å². The molecular formula is C31H46. The Bertz CT molecular complexity index is 776. The standard InChI is InChI=1S/C10H12.C9H12.C8H10.2C2H6/c1-8(2)10-6-4-9(3)5-7-10;1-8(2)9-6-4-3-5-7-9;1-7-4-3-5-8(2)6-7;2*1-2/h4-7H,1H2,2-3H3;3-8H,1-2H3;3-6H,1-2H3;2*1-2H3. The summed E-state index contributed by atoms with van der Waals surface area (Å²) in [6.07, 6.45) is 0. The van der Waals surface area contributed by atoms with Crippen LogP contribution >= 0.6 is 0 Å². The fraction of sp³-hybridized carbons (Fsp3) is 0.355. The average molecular weight is 419 g/mol. The first kappa shape index (κ1) is 30.6. The number of rotatable bonds is 2. The van der Waals surface area contributed by atoms with Gasteiger partial charge in [0.05, 0.1) is 0 Å². The molecule has 31 heavy (non-hydrogen) atoms. The fourth-order valence-corrected chi connectivity index (χ4v) is 2.48. The van der Waals surface area contributed by atoms with Crippen LogP contribution in [0.3, 0.4) is 0 Å². The van der Waals surface area contributed by atoms with Crippen molar-refractivity contribution >= 4 is 5.57 Å².